The maximum atomic E-state index is 14.4. The first-order chi connectivity index (χ1) is 17.3. The summed E-state index contributed by atoms with van der Waals surface area (Å²) in [6, 6.07) is 17.7. The van der Waals surface area contributed by atoms with Gasteiger partial charge in [-0.3, -0.25) is 14.8 Å². The maximum Gasteiger partial charge on any atom is 0.305 e. The van der Waals surface area contributed by atoms with Gasteiger partial charge in [-0.15, -0.1) is 0 Å². The van der Waals surface area contributed by atoms with Crippen LogP contribution in [0.3, 0.4) is 0 Å². The van der Waals surface area contributed by atoms with E-state index >= 15 is 0 Å². The zero-order valence-corrected chi connectivity index (χ0v) is 20.8. The molecule has 184 valence electrons. The number of fused-ring (bicyclic) bond motifs is 1. The molecule has 3 aromatic heterocycles. The molecular weight excluding hydrogens is 474 g/mol. The van der Waals surface area contributed by atoms with Crippen LogP contribution < -0.4 is 9.44 Å². The lowest BCUT2D eigenvalue weighted by molar-refractivity contribution is -0.124. The summed E-state index contributed by atoms with van der Waals surface area (Å²) in [6.45, 7) is 1.96. The van der Waals surface area contributed by atoms with Gasteiger partial charge in [-0.1, -0.05) is 49.6 Å². The highest BCUT2D eigenvalue weighted by Crippen LogP contribution is 2.44. The fraction of sp³-hybridized carbons (Fsp3) is 0.259. The number of carbonyl (C=O) groups excluding carboxylic acids is 1. The predicted molar refractivity (Wildman–Crippen MR) is 139 cm³/mol. The third-order valence-corrected chi connectivity index (χ3v) is 7.72. The van der Waals surface area contributed by atoms with E-state index in [0.29, 0.717) is 35.4 Å². The molecule has 1 fully saturated rings. The number of hydrogen-bond donors (Lipinski definition) is 1. The van der Waals surface area contributed by atoms with E-state index in [1.807, 2.05) is 37.3 Å². The van der Waals surface area contributed by atoms with E-state index in [1.54, 1.807) is 42.7 Å². The lowest BCUT2D eigenvalue weighted by Crippen LogP contribution is -2.53. The van der Waals surface area contributed by atoms with E-state index in [2.05, 4.69) is 9.97 Å². The molecule has 4 aromatic rings. The number of carbonyl (C=O) groups is 1. The van der Waals surface area contributed by atoms with E-state index in [1.165, 1.54) is 0 Å². The molecule has 0 bridgehead atoms. The highest BCUT2D eigenvalue weighted by molar-refractivity contribution is 7.91. The van der Waals surface area contributed by atoms with Gasteiger partial charge in [0.1, 0.15) is 0 Å². The molecule has 9 heteroatoms. The first-order valence-corrected chi connectivity index (χ1v) is 13.4. The lowest BCUT2D eigenvalue weighted by atomic mass is 9.70. The highest BCUT2D eigenvalue weighted by atomic mass is 32.2. The Labute approximate surface area is 210 Å². The number of benzene rings is 1. The summed E-state index contributed by atoms with van der Waals surface area (Å²) >= 11 is 0. The minimum Gasteiger partial charge on any atom is -0.272 e. The second kappa shape index (κ2) is 9.40. The molecule has 0 aliphatic heterocycles. The number of nitrogens with two attached hydrogens (primary N) is 1. The van der Waals surface area contributed by atoms with Crippen molar-refractivity contribution in [1.82, 2.24) is 15.0 Å². The number of nitrogens with zero attached hydrogens (tertiary/aromatic N) is 4. The molecule has 1 amide bonds. The van der Waals surface area contributed by atoms with Crippen molar-refractivity contribution in [2.75, 3.05) is 4.31 Å². The van der Waals surface area contributed by atoms with E-state index in [0.717, 1.165) is 34.5 Å². The average molecular weight is 502 g/mol. The van der Waals surface area contributed by atoms with Crippen LogP contribution in [0.25, 0.3) is 22.3 Å². The van der Waals surface area contributed by atoms with Crippen LogP contribution in [0.15, 0.2) is 73.1 Å². The van der Waals surface area contributed by atoms with Crippen molar-refractivity contribution in [3.05, 3.63) is 84.3 Å². The number of aromatic nitrogens is 3. The molecule has 0 atom stereocenters. The van der Waals surface area contributed by atoms with Gasteiger partial charge in [0.05, 0.1) is 33.7 Å². The largest absolute Gasteiger partial charge is 0.305 e. The van der Waals surface area contributed by atoms with Crippen LogP contribution in [0, 0.1) is 6.92 Å². The zero-order valence-electron chi connectivity index (χ0n) is 20.0. The number of amides is 1. The molecule has 3 heterocycles. The molecule has 0 unspecified atom stereocenters. The molecular formula is C27H27N5O3S. The summed E-state index contributed by atoms with van der Waals surface area (Å²) in [6.07, 6.45) is 6.69. The monoisotopic (exact) mass is 501 g/mol. The van der Waals surface area contributed by atoms with Crippen molar-refractivity contribution < 1.29 is 13.2 Å². The average Bonchev–Trinajstić information content (AvgIpc) is 2.88. The third kappa shape index (κ3) is 4.25. The molecule has 1 aliphatic carbocycles. The summed E-state index contributed by atoms with van der Waals surface area (Å²) in [5, 5.41) is 6.45. The van der Waals surface area contributed by atoms with Gasteiger partial charge in [0.2, 0.25) is 0 Å². The molecule has 8 nitrogen and oxygen atoms in total. The lowest BCUT2D eigenvalue weighted by Gasteiger charge is -2.38. The topological polar surface area (TPSA) is 119 Å². The number of rotatable bonds is 5. The van der Waals surface area contributed by atoms with Crippen molar-refractivity contribution in [2.45, 2.75) is 44.4 Å². The van der Waals surface area contributed by atoms with E-state index in [9.17, 15) is 13.2 Å². The van der Waals surface area contributed by atoms with E-state index in [-0.39, 0.29) is 5.69 Å². The minimum absolute atomic E-state index is 0.198. The zero-order chi connectivity index (χ0) is 25.3. The molecule has 0 saturated heterocycles. The van der Waals surface area contributed by atoms with Gasteiger partial charge in [-0.2, -0.15) is 12.7 Å². The molecule has 1 aromatic carbocycles. The number of para-hydroxylation sites is 1. The van der Waals surface area contributed by atoms with Crippen LogP contribution in [-0.2, 0) is 20.4 Å². The Morgan fingerprint density at radius 2 is 1.64 bits per heavy atom. The van der Waals surface area contributed by atoms with E-state index < -0.39 is 21.5 Å². The SMILES string of the molecule is Cc1cccnc1-c1cc2cccnc2c(C2(C(=O)N(c3ccccc3)S(N)(=O)=O)CCCCC2)n1. The standard InChI is InChI=1S/C27H27N5O3S/c1-19-10-8-16-29-23(19)22-18-20-11-9-17-30-24(20)25(31-22)27(14-6-3-7-15-27)26(33)32(36(28,34)35)21-12-4-2-5-13-21/h2,4-5,8-13,16-18H,3,6-7,14-15H2,1H3,(H2,28,34,35). The normalized spacial score (nSPS) is 15.5. The van der Waals surface area contributed by atoms with Crippen LogP contribution in [0.1, 0.15) is 43.4 Å². The van der Waals surface area contributed by atoms with Crippen LogP contribution in [0.2, 0.25) is 0 Å². The molecule has 36 heavy (non-hydrogen) atoms. The summed E-state index contributed by atoms with van der Waals surface area (Å²) in [7, 11) is -4.41. The van der Waals surface area contributed by atoms with Gasteiger partial charge in [0, 0.05) is 17.8 Å². The Kier molecular flexibility index (Phi) is 6.27. The van der Waals surface area contributed by atoms with Crippen LogP contribution in [-0.4, -0.2) is 29.3 Å². The van der Waals surface area contributed by atoms with Crippen molar-refractivity contribution in [3.63, 3.8) is 0 Å². The van der Waals surface area contributed by atoms with Gasteiger partial charge in [0.25, 0.3) is 5.91 Å². The fourth-order valence-electron chi connectivity index (χ4n) is 5.14. The Morgan fingerprint density at radius 1 is 0.944 bits per heavy atom. The molecule has 2 N–H and O–H groups in total. The highest BCUT2D eigenvalue weighted by Gasteiger charge is 2.49. The Bertz CT molecular complexity index is 1530. The van der Waals surface area contributed by atoms with E-state index in [4.69, 9.17) is 10.1 Å². The van der Waals surface area contributed by atoms with Crippen molar-refractivity contribution in [2.24, 2.45) is 5.14 Å². The quantitative estimate of drug-likeness (QED) is 0.432. The van der Waals surface area contributed by atoms with Crippen LogP contribution >= 0.6 is 0 Å². The van der Waals surface area contributed by atoms with Crippen molar-refractivity contribution in [1.29, 1.82) is 0 Å². The van der Waals surface area contributed by atoms with Gasteiger partial charge in [-0.25, -0.2) is 10.1 Å². The fourth-order valence-corrected chi connectivity index (χ4v) is 5.96. The van der Waals surface area contributed by atoms with Crippen LogP contribution in [0.5, 0.6) is 0 Å². The van der Waals surface area contributed by atoms with Crippen molar-refractivity contribution >= 4 is 32.7 Å². The molecule has 5 rings (SSSR count). The van der Waals surface area contributed by atoms with Crippen LogP contribution in [0.4, 0.5) is 5.69 Å². The number of aryl methyl sites for hydroxylation is 1. The molecule has 1 aliphatic rings. The van der Waals surface area contributed by atoms with Crippen molar-refractivity contribution in [3.8, 4) is 11.4 Å². The number of pyridine rings is 3. The number of anilines is 1. The Hall–Kier alpha value is -3.69. The molecule has 0 radical (unpaired) electrons. The number of hydrogen-bond acceptors (Lipinski definition) is 6. The summed E-state index contributed by atoms with van der Waals surface area (Å²) in [5.74, 6) is -0.606. The first kappa shape index (κ1) is 24.0. The summed E-state index contributed by atoms with van der Waals surface area (Å²) in [4.78, 5) is 28.5. The molecule has 0 spiro atoms. The van der Waals surface area contributed by atoms with Gasteiger partial charge in [0.15, 0.2) is 0 Å². The summed E-state index contributed by atoms with van der Waals surface area (Å²) in [5.41, 5.74) is 2.29. The minimum atomic E-state index is -4.41. The maximum absolute atomic E-state index is 14.4. The third-order valence-electron chi connectivity index (χ3n) is 6.84. The second-order valence-corrected chi connectivity index (χ2v) is 10.6. The van der Waals surface area contributed by atoms with Gasteiger partial charge >= 0.3 is 10.2 Å². The predicted octanol–water partition coefficient (Wildman–Crippen LogP) is 4.44. The van der Waals surface area contributed by atoms with Gasteiger partial charge < -0.3 is 0 Å². The summed E-state index contributed by atoms with van der Waals surface area (Å²) < 4.78 is 26.4. The smallest absolute Gasteiger partial charge is 0.272 e. The van der Waals surface area contributed by atoms with Gasteiger partial charge in [-0.05, 0) is 55.7 Å². The Balaban J connectivity index is 1.79. The first-order valence-electron chi connectivity index (χ1n) is 11.9. The molecule has 1 saturated carbocycles. The Morgan fingerprint density at radius 3 is 2.33 bits per heavy atom. The second-order valence-electron chi connectivity index (χ2n) is 9.19.